The molecule has 1 aliphatic heterocycles. The molecule has 1 aliphatic rings. The zero-order valence-electron chi connectivity index (χ0n) is 19.0. The van der Waals surface area contributed by atoms with E-state index in [1.165, 1.54) is 62.7 Å². The smallest absolute Gasteiger partial charge is 0.251 e. The maximum absolute atomic E-state index is 12.7. The minimum absolute atomic E-state index is 0.136. The normalized spacial score (nSPS) is 16.5. The van der Waals surface area contributed by atoms with Gasteiger partial charge in [0.05, 0.1) is 24.8 Å². The molecule has 168 valence electrons. The molecule has 0 unspecified atom stereocenters. The van der Waals surface area contributed by atoms with Gasteiger partial charge in [0.25, 0.3) is 5.91 Å². The lowest BCUT2D eigenvalue weighted by molar-refractivity contribution is -0.121. The van der Waals surface area contributed by atoms with E-state index in [1.54, 1.807) is 12.1 Å². The Kier molecular flexibility index (Phi) is 11.5. The molecule has 1 atom stereocenters. The molecule has 1 N–H and O–H groups in total. The fraction of sp³-hybridized carbons (Fsp3) is 0.680. The molecule has 2 amide bonds. The van der Waals surface area contributed by atoms with E-state index in [0.717, 1.165) is 25.1 Å². The number of nitrogens with one attached hydrogen (secondary N) is 1. The lowest BCUT2D eigenvalue weighted by Crippen LogP contribution is -2.39. The van der Waals surface area contributed by atoms with Crippen molar-refractivity contribution in [2.45, 2.75) is 96.9 Å². The summed E-state index contributed by atoms with van der Waals surface area (Å²) < 4.78 is 5.57. The predicted molar refractivity (Wildman–Crippen MR) is 123 cm³/mol. The van der Waals surface area contributed by atoms with Gasteiger partial charge in [-0.05, 0) is 43.7 Å². The maximum Gasteiger partial charge on any atom is 0.251 e. The van der Waals surface area contributed by atoms with Crippen LogP contribution >= 0.6 is 0 Å². The van der Waals surface area contributed by atoms with Gasteiger partial charge in [-0.25, -0.2) is 4.90 Å². The van der Waals surface area contributed by atoms with Crippen molar-refractivity contribution in [1.29, 1.82) is 0 Å². The Hall–Kier alpha value is -1.88. The summed E-state index contributed by atoms with van der Waals surface area (Å²) in [6, 6.07) is 6.80. The van der Waals surface area contributed by atoms with Crippen LogP contribution in [0.5, 0.6) is 5.75 Å². The second kappa shape index (κ2) is 14.2. The third kappa shape index (κ3) is 8.10. The monoisotopic (exact) mass is 416 g/mol. The van der Waals surface area contributed by atoms with Crippen LogP contribution in [-0.4, -0.2) is 31.0 Å². The van der Waals surface area contributed by atoms with Gasteiger partial charge in [-0.3, -0.25) is 9.59 Å². The largest absolute Gasteiger partial charge is 0.494 e. The van der Waals surface area contributed by atoms with Gasteiger partial charge in [0.2, 0.25) is 5.91 Å². The van der Waals surface area contributed by atoms with Gasteiger partial charge < -0.3 is 10.1 Å². The number of hydrogen-bond donors (Lipinski definition) is 1. The highest BCUT2D eigenvalue weighted by atomic mass is 16.5. The van der Waals surface area contributed by atoms with Crippen molar-refractivity contribution in [3.05, 3.63) is 24.3 Å². The first kappa shape index (κ1) is 24.4. The van der Waals surface area contributed by atoms with Crippen molar-refractivity contribution in [2.24, 2.45) is 0 Å². The summed E-state index contributed by atoms with van der Waals surface area (Å²) in [5.74, 6) is 0.479. The number of benzene rings is 1. The maximum atomic E-state index is 12.7. The molecule has 1 saturated heterocycles. The topological polar surface area (TPSA) is 58.6 Å². The second-order valence-corrected chi connectivity index (χ2v) is 8.30. The predicted octanol–water partition coefficient (Wildman–Crippen LogP) is 5.62. The Morgan fingerprint density at radius 1 is 0.867 bits per heavy atom. The van der Waals surface area contributed by atoms with E-state index in [4.69, 9.17) is 4.74 Å². The van der Waals surface area contributed by atoms with E-state index < -0.39 is 6.04 Å². The first-order valence-electron chi connectivity index (χ1n) is 12.0. The molecular formula is C25H40N2O3. The zero-order chi connectivity index (χ0) is 21.6. The third-order valence-electron chi connectivity index (χ3n) is 5.64. The lowest BCUT2D eigenvalue weighted by Gasteiger charge is -2.16. The number of nitrogens with zero attached hydrogens (tertiary/aromatic N) is 1. The quantitative estimate of drug-likeness (QED) is 0.281. The summed E-state index contributed by atoms with van der Waals surface area (Å²) in [6.45, 7) is 5.75. The van der Waals surface area contributed by atoms with Crippen molar-refractivity contribution < 1.29 is 14.3 Å². The summed E-state index contributed by atoms with van der Waals surface area (Å²) in [5.41, 5.74) is 0.622. The van der Waals surface area contributed by atoms with Crippen LogP contribution in [0.1, 0.15) is 90.9 Å². The van der Waals surface area contributed by atoms with Crippen molar-refractivity contribution in [1.82, 2.24) is 5.32 Å². The van der Waals surface area contributed by atoms with E-state index in [-0.39, 0.29) is 18.2 Å². The number of hydrogen-bond acceptors (Lipinski definition) is 4. The average molecular weight is 417 g/mol. The van der Waals surface area contributed by atoms with Crippen LogP contribution in [0.25, 0.3) is 0 Å². The van der Waals surface area contributed by atoms with Gasteiger partial charge >= 0.3 is 0 Å². The number of carbonyl (C=O) groups excluding carboxylic acids is 2. The zero-order valence-corrected chi connectivity index (χ0v) is 19.0. The van der Waals surface area contributed by atoms with E-state index >= 15 is 0 Å². The highest BCUT2D eigenvalue weighted by Gasteiger charge is 2.39. The van der Waals surface area contributed by atoms with Crippen LogP contribution in [-0.2, 0) is 9.59 Å². The van der Waals surface area contributed by atoms with Crippen molar-refractivity contribution in [2.75, 3.05) is 18.1 Å². The Morgan fingerprint density at radius 3 is 2.07 bits per heavy atom. The van der Waals surface area contributed by atoms with Gasteiger partial charge in [0, 0.05) is 0 Å². The lowest BCUT2D eigenvalue weighted by atomic mass is 10.1. The summed E-state index contributed by atoms with van der Waals surface area (Å²) in [6.07, 6.45) is 14.1. The molecular weight excluding hydrogens is 376 g/mol. The highest BCUT2D eigenvalue weighted by molar-refractivity contribution is 6.22. The first-order valence-corrected chi connectivity index (χ1v) is 12.0. The van der Waals surface area contributed by atoms with Crippen molar-refractivity contribution in [3.63, 3.8) is 0 Å². The molecule has 2 rings (SSSR count). The van der Waals surface area contributed by atoms with Crippen molar-refractivity contribution in [3.8, 4) is 5.75 Å². The van der Waals surface area contributed by atoms with Crippen LogP contribution in [0, 0.1) is 0 Å². The summed E-state index contributed by atoms with van der Waals surface area (Å²) >= 11 is 0. The number of rotatable bonds is 16. The molecule has 0 spiro atoms. The first-order chi connectivity index (χ1) is 14.7. The van der Waals surface area contributed by atoms with Crippen LogP contribution in [0.3, 0.4) is 0 Å². The highest BCUT2D eigenvalue weighted by Crippen LogP contribution is 2.25. The Morgan fingerprint density at radius 2 is 1.47 bits per heavy atom. The van der Waals surface area contributed by atoms with Crippen LogP contribution in [0.4, 0.5) is 5.69 Å². The number of unbranched alkanes of at least 4 members (excludes halogenated alkanes) is 9. The van der Waals surface area contributed by atoms with E-state index in [2.05, 4.69) is 19.2 Å². The molecule has 0 saturated carbocycles. The number of imide groups is 1. The van der Waals surface area contributed by atoms with E-state index in [9.17, 15) is 9.59 Å². The molecule has 1 aromatic rings. The summed E-state index contributed by atoms with van der Waals surface area (Å²) in [5, 5.41) is 3.29. The number of anilines is 1. The molecule has 5 nitrogen and oxygen atoms in total. The van der Waals surface area contributed by atoms with Gasteiger partial charge in [-0.1, -0.05) is 71.6 Å². The molecule has 1 heterocycles. The SMILES string of the molecule is CCCCCCCCCCCCN[C@H]1CC(=O)N(c2ccc(OCCC)cc2)C1=O. The third-order valence-corrected chi connectivity index (χ3v) is 5.64. The molecule has 0 aliphatic carbocycles. The fourth-order valence-electron chi connectivity index (χ4n) is 3.86. The standard InChI is InChI=1S/C25H40N2O3/c1-3-5-6-7-8-9-10-11-12-13-18-26-23-20-24(28)27(25(23)29)21-14-16-22(17-15-21)30-19-4-2/h14-17,23,26H,3-13,18-20H2,1-2H3/t23-/m0/s1. The molecule has 0 aromatic heterocycles. The van der Waals surface area contributed by atoms with Crippen LogP contribution in [0.15, 0.2) is 24.3 Å². The molecule has 0 bridgehead atoms. The van der Waals surface area contributed by atoms with Gasteiger partial charge in [-0.15, -0.1) is 0 Å². The molecule has 5 heteroatoms. The second-order valence-electron chi connectivity index (χ2n) is 8.30. The van der Waals surface area contributed by atoms with Crippen LogP contribution < -0.4 is 15.0 Å². The van der Waals surface area contributed by atoms with E-state index in [1.807, 2.05) is 12.1 Å². The number of carbonyl (C=O) groups is 2. The summed E-state index contributed by atoms with van der Waals surface area (Å²) in [7, 11) is 0. The minimum atomic E-state index is -0.396. The van der Waals surface area contributed by atoms with E-state index in [0.29, 0.717) is 12.3 Å². The van der Waals surface area contributed by atoms with Gasteiger partial charge in [0.15, 0.2) is 0 Å². The number of amides is 2. The molecule has 0 radical (unpaired) electrons. The Balaban J connectivity index is 1.63. The molecule has 1 fully saturated rings. The molecule has 30 heavy (non-hydrogen) atoms. The van der Waals surface area contributed by atoms with Crippen molar-refractivity contribution >= 4 is 17.5 Å². The molecule has 1 aromatic carbocycles. The minimum Gasteiger partial charge on any atom is -0.494 e. The Labute approximate surface area is 182 Å². The summed E-state index contributed by atoms with van der Waals surface area (Å²) in [4.78, 5) is 26.4. The number of ether oxygens (including phenoxy) is 1. The van der Waals surface area contributed by atoms with Crippen LogP contribution in [0.2, 0.25) is 0 Å². The average Bonchev–Trinajstić information content (AvgIpc) is 3.04. The van der Waals surface area contributed by atoms with Gasteiger partial charge in [0.1, 0.15) is 5.75 Å². The van der Waals surface area contributed by atoms with Gasteiger partial charge in [-0.2, -0.15) is 0 Å². The Bertz CT molecular complexity index is 630. The fourth-order valence-corrected chi connectivity index (χ4v) is 3.86.